The highest BCUT2D eigenvalue weighted by molar-refractivity contribution is 7.83. The Kier molecular flexibility index (Phi) is 3.28. The molecular weight excluding hydrogens is 82.1 g/mol. The Morgan fingerprint density at radius 1 is 1.80 bits per heavy atom. The molecule has 2 heteroatoms. The summed E-state index contributed by atoms with van der Waals surface area (Å²) >= 11 is 3.61. The van der Waals surface area contributed by atoms with Crippen LogP contribution in [-0.4, -0.2) is 0 Å². The van der Waals surface area contributed by atoms with E-state index in [0.717, 1.165) is 0 Å². The summed E-state index contributed by atoms with van der Waals surface area (Å²) < 4.78 is 0. The number of nitrogens with zero attached hydrogens (tertiary/aromatic N) is 1. The van der Waals surface area contributed by atoms with Crippen LogP contribution in [0.15, 0.2) is 11.6 Å². The lowest BCUT2D eigenvalue weighted by Crippen LogP contribution is -1.23. The smallest absolute Gasteiger partial charge is 0.160 e. The second kappa shape index (κ2) is 3.58. The molecule has 0 amide bonds. The predicted octanol–water partition coefficient (Wildman–Crippen LogP) is 1.31. The molecule has 0 heterocycles. The maximum absolute atomic E-state index is 6.09. The Morgan fingerprint density at radius 2 is 2.40 bits per heavy atom. The van der Waals surface area contributed by atoms with Crippen LogP contribution in [0.25, 0.3) is 4.85 Å². The van der Waals surface area contributed by atoms with Crippen LogP contribution in [0.5, 0.6) is 0 Å². The minimum absolute atomic E-state index is 1.28. The van der Waals surface area contributed by atoms with E-state index in [9.17, 15) is 0 Å². The largest absolute Gasteiger partial charge is 0.245 e. The van der Waals surface area contributed by atoms with Crippen molar-refractivity contribution in [1.29, 1.82) is 0 Å². The van der Waals surface area contributed by atoms with Crippen molar-refractivity contribution < 1.29 is 0 Å². The van der Waals surface area contributed by atoms with Crippen LogP contribution in [0.2, 0.25) is 0 Å². The molecule has 0 saturated carbocycles. The van der Waals surface area contributed by atoms with Crippen molar-refractivity contribution in [1.82, 2.24) is 0 Å². The molecule has 0 unspecified atom stereocenters. The van der Waals surface area contributed by atoms with Gasteiger partial charge in [-0.25, -0.2) is 4.85 Å². The quantitative estimate of drug-likeness (QED) is 0.334. The van der Waals surface area contributed by atoms with Gasteiger partial charge in [-0.15, -0.1) is 0 Å². The second-order valence-electron chi connectivity index (χ2n) is 0.427. The highest BCUT2D eigenvalue weighted by Gasteiger charge is 1.44. The molecule has 0 aromatic rings. The Balaban J connectivity index is 3.04. The van der Waals surface area contributed by atoms with Crippen LogP contribution in [0.3, 0.4) is 0 Å². The zero-order valence-electron chi connectivity index (χ0n) is 2.55. The molecule has 0 bridgehead atoms. The summed E-state index contributed by atoms with van der Waals surface area (Å²) in [5.74, 6) is 0. The molecule has 0 aromatic heterocycles. The molecule has 26 valence electrons. The Labute approximate surface area is 36.5 Å². The Bertz CT molecular complexity index is 69.5. The number of thiol groups is 1. The van der Waals surface area contributed by atoms with Gasteiger partial charge < -0.3 is 0 Å². The molecule has 0 radical (unpaired) electrons. The average molecular weight is 85.1 g/mol. The van der Waals surface area contributed by atoms with E-state index < -0.39 is 0 Å². The summed E-state index contributed by atoms with van der Waals surface area (Å²) in [6.07, 6.45) is 1.28. The van der Waals surface area contributed by atoms with Crippen molar-refractivity contribution in [3.63, 3.8) is 0 Å². The first-order valence-electron chi connectivity index (χ1n) is 1.07. The van der Waals surface area contributed by atoms with Crippen LogP contribution in [0.1, 0.15) is 0 Å². The van der Waals surface area contributed by atoms with E-state index in [-0.39, 0.29) is 0 Å². The van der Waals surface area contributed by atoms with Gasteiger partial charge in [0.05, 0.1) is 6.57 Å². The Hall–Kier alpha value is -0.420. The Morgan fingerprint density at radius 3 is 2.40 bits per heavy atom. The average Bonchev–Trinajstić information content (AvgIpc) is 1.41. The summed E-state index contributed by atoms with van der Waals surface area (Å²) in [6, 6.07) is 0. The maximum Gasteiger partial charge on any atom is 0.160 e. The van der Waals surface area contributed by atoms with Crippen molar-refractivity contribution in [2.75, 3.05) is 0 Å². The van der Waals surface area contributed by atoms with Gasteiger partial charge >= 0.3 is 0 Å². The monoisotopic (exact) mass is 85.0 g/mol. The molecule has 0 N–H and O–H groups in total. The lowest BCUT2D eigenvalue weighted by Gasteiger charge is -1.50. The fourth-order valence-electron chi connectivity index (χ4n) is 0.0333. The minimum atomic E-state index is 1.28. The molecule has 0 aliphatic carbocycles. The maximum atomic E-state index is 6.09. The molecule has 0 rings (SSSR count). The van der Waals surface area contributed by atoms with E-state index in [1.165, 1.54) is 11.6 Å². The summed E-state index contributed by atoms with van der Waals surface area (Å²) in [5.41, 5.74) is 0. The van der Waals surface area contributed by atoms with Gasteiger partial charge in [-0.05, 0) is 5.41 Å². The topological polar surface area (TPSA) is 4.36 Å². The van der Waals surface area contributed by atoms with E-state index in [1.807, 2.05) is 0 Å². The van der Waals surface area contributed by atoms with Crippen molar-refractivity contribution >= 4 is 12.6 Å². The molecule has 0 saturated heterocycles. The molecule has 0 atom stereocenters. The van der Waals surface area contributed by atoms with Gasteiger partial charge in [0.25, 0.3) is 0 Å². The SMILES string of the molecule is [C-]#[N+]/C=C\S. The molecule has 0 aliphatic rings. The van der Waals surface area contributed by atoms with Crippen LogP contribution >= 0.6 is 12.6 Å². The number of rotatable bonds is 0. The van der Waals surface area contributed by atoms with Crippen molar-refractivity contribution in [2.45, 2.75) is 0 Å². The molecule has 0 aromatic carbocycles. The molecule has 1 nitrogen and oxygen atoms in total. The summed E-state index contributed by atoms with van der Waals surface area (Å²) in [7, 11) is 0. The van der Waals surface area contributed by atoms with Gasteiger partial charge in [-0.3, -0.25) is 0 Å². The fourth-order valence-corrected chi connectivity index (χ4v) is 0.100. The molecule has 0 spiro atoms. The highest BCUT2D eigenvalue weighted by atomic mass is 32.1. The predicted molar refractivity (Wildman–Crippen MR) is 24.7 cm³/mol. The first-order chi connectivity index (χ1) is 2.41. The molecule has 0 aliphatic heterocycles. The lowest BCUT2D eigenvalue weighted by atomic mass is 11.1. The van der Waals surface area contributed by atoms with Gasteiger partial charge in [0.15, 0.2) is 6.20 Å². The summed E-state index contributed by atoms with van der Waals surface area (Å²) in [5, 5.41) is 1.40. The van der Waals surface area contributed by atoms with Crippen molar-refractivity contribution in [3.05, 3.63) is 23.0 Å². The molecule has 0 fully saturated rings. The van der Waals surface area contributed by atoms with E-state index in [4.69, 9.17) is 6.57 Å². The number of hydrogen-bond acceptors (Lipinski definition) is 1. The van der Waals surface area contributed by atoms with E-state index in [2.05, 4.69) is 17.5 Å². The van der Waals surface area contributed by atoms with E-state index in [0.29, 0.717) is 0 Å². The van der Waals surface area contributed by atoms with Crippen LogP contribution < -0.4 is 0 Å². The number of hydrogen-bond donors (Lipinski definition) is 1. The minimum Gasteiger partial charge on any atom is -0.245 e. The van der Waals surface area contributed by atoms with Gasteiger partial charge in [0.2, 0.25) is 0 Å². The first kappa shape index (κ1) is 4.58. The normalized spacial score (nSPS) is 8.00. The molecular formula is C3H3NS. The van der Waals surface area contributed by atoms with E-state index >= 15 is 0 Å². The van der Waals surface area contributed by atoms with Crippen molar-refractivity contribution in [3.8, 4) is 0 Å². The van der Waals surface area contributed by atoms with Crippen molar-refractivity contribution in [2.24, 2.45) is 0 Å². The zero-order valence-corrected chi connectivity index (χ0v) is 3.44. The summed E-state index contributed by atoms with van der Waals surface area (Å²) in [4.78, 5) is 2.85. The highest BCUT2D eigenvalue weighted by Crippen LogP contribution is 1.73. The van der Waals surface area contributed by atoms with Gasteiger partial charge in [-0.2, -0.15) is 12.6 Å². The van der Waals surface area contributed by atoms with Crippen LogP contribution in [0, 0.1) is 6.57 Å². The standard InChI is InChI=1S/C3H3NS/c1-4-2-3-5/h2-3,5H/b3-2-. The van der Waals surface area contributed by atoms with Crippen LogP contribution in [-0.2, 0) is 0 Å². The summed E-state index contributed by atoms with van der Waals surface area (Å²) in [6.45, 7) is 6.09. The third kappa shape index (κ3) is 3.58. The zero-order chi connectivity index (χ0) is 4.12. The lowest BCUT2D eigenvalue weighted by molar-refractivity contribution is 2.09. The van der Waals surface area contributed by atoms with Gasteiger partial charge in [-0.1, -0.05) is 0 Å². The van der Waals surface area contributed by atoms with Crippen LogP contribution in [0.4, 0.5) is 0 Å². The molecule has 5 heavy (non-hydrogen) atoms. The van der Waals surface area contributed by atoms with E-state index in [1.54, 1.807) is 0 Å². The third-order valence-corrected chi connectivity index (χ3v) is 0.275. The van der Waals surface area contributed by atoms with Gasteiger partial charge in [0, 0.05) is 0 Å². The fraction of sp³-hybridized carbons (Fsp3) is 0. The third-order valence-electron chi connectivity index (χ3n) is 0.141. The first-order valence-corrected chi connectivity index (χ1v) is 1.59. The van der Waals surface area contributed by atoms with Gasteiger partial charge in [0.1, 0.15) is 0 Å². The second-order valence-corrected chi connectivity index (χ2v) is 0.725.